The lowest BCUT2D eigenvalue weighted by molar-refractivity contribution is -0.688. The summed E-state index contributed by atoms with van der Waals surface area (Å²) >= 11 is 0. The Hall–Kier alpha value is -2.22. The van der Waals surface area contributed by atoms with Crippen LogP contribution >= 0.6 is 0 Å². The molecule has 27 heavy (non-hydrogen) atoms. The molecule has 1 atom stereocenters. The van der Waals surface area contributed by atoms with Crippen LogP contribution in [-0.2, 0) is 11.3 Å². The molecule has 2 fully saturated rings. The molecular formula is C19H29N6O2+. The van der Waals surface area contributed by atoms with Gasteiger partial charge >= 0.3 is 12.0 Å². The number of urea groups is 1. The topological polar surface area (TPSA) is 65.0 Å². The number of aromatic nitrogens is 2. The van der Waals surface area contributed by atoms with Crippen molar-refractivity contribution in [1.82, 2.24) is 19.3 Å². The van der Waals surface area contributed by atoms with Gasteiger partial charge in [-0.25, -0.2) is 13.9 Å². The largest absolute Gasteiger partial charge is 0.402 e. The molecule has 1 aromatic heterocycles. The predicted molar refractivity (Wildman–Crippen MR) is 101 cm³/mol. The minimum atomic E-state index is -0.538. The number of hydrogen-bond donors (Lipinski definition) is 0. The molecule has 0 aromatic carbocycles. The van der Waals surface area contributed by atoms with Gasteiger partial charge in [-0.15, -0.1) is 0 Å². The minimum absolute atomic E-state index is 0.217. The maximum absolute atomic E-state index is 12.8. The summed E-state index contributed by atoms with van der Waals surface area (Å²) in [6, 6.07) is -0.868. The first-order valence-corrected chi connectivity index (χ1v) is 9.78. The second kappa shape index (κ2) is 6.44. The summed E-state index contributed by atoms with van der Waals surface area (Å²) in [5.41, 5.74) is 2.17. The van der Waals surface area contributed by atoms with Gasteiger partial charge in [0.2, 0.25) is 11.9 Å². The molecule has 0 aliphatic carbocycles. The number of amides is 3. The van der Waals surface area contributed by atoms with E-state index in [9.17, 15) is 9.59 Å². The SMILES string of the molecule is Cc1c(C)[n+](CCN2CCC(C)CC2)c2n1C1C(=O)N(C)C(=O)N(C)C1=N2. The standard InChI is InChI=1S/C19H29N6O2/c1-12-6-8-23(9-7-12)10-11-24-13(2)14(3)25-15-16(20-18(24)25)21(4)19(27)22(5)17(15)26/h12,15H,6-11H2,1-5H3/q+1. The highest BCUT2D eigenvalue weighted by Crippen LogP contribution is 2.34. The number of imide groups is 1. The molecule has 3 aliphatic rings. The maximum atomic E-state index is 12.8. The predicted octanol–water partition coefficient (Wildman–Crippen LogP) is 1.23. The van der Waals surface area contributed by atoms with Crippen LogP contribution in [0.1, 0.15) is 37.2 Å². The average Bonchev–Trinajstić information content (AvgIpc) is 3.15. The van der Waals surface area contributed by atoms with Gasteiger partial charge in [-0.1, -0.05) is 11.9 Å². The molecule has 4 rings (SSSR count). The van der Waals surface area contributed by atoms with Gasteiger partial charge in [0.1, 0.15) is 11.4 Å². The molecule has 8 heteroatoms. The summed E-state index contributed by atoms with van der Waals surface area (Å²) in [6.45, 7) is 10.5. The second-order valence-corrected chi connectivity index (χ2v) is 8.13. The molecule has 2 saturated heterocycles. The van der Waals surface area contributed by atoms with Crippen LogP contribution in [0.3, 0.4) is 0 Å². The number of aliphatic imine (C=N–C) groups is 1. The van der Waals surface area contributed by atoms with Gasteiger partial charge in [-0.3, -0.25) is 14.6 Å². The average molecular weight is 373 g/mol. The van der Waals surface area contributed by atoms with Crippen molar-refractivity contribution in [2.24, 2.45) is 10.9 Å². The Kier molecular flexibility index (Phi) is 4.33. The number of likely N-dealkylation sites (N-methyl/N-ethyl adjacent to an activating group) is 2. The summed E-state index contributed by atoms with van der Waals surface area (Å²) in [5.74, 6) is 1.91. The molecule has 8 nitrogen and oxygen atoms in total. The summed E-state index contributed by atoms with van der Waals surface area (Å²) in [6.07, 6.45) is 2.52. The molecule has 0 bridgehead atoms. The Morgan fingerprint density at radius 3 is 2.44 bits per heavy atom. The number of piperidine rings is 1. The van der Waals surface area contributed by atoms with Crippen molar-refractivity contribution in [3.05, 3.63) is 11.4 Å². The van der Waals surface area contributed by atoms with E-state index in [1.165, 1.54) is 29.7 Å². The third-order valence-electron chi connectivity index (χ3n) is 6.46. The van der Waals surface area contributed by atoms with Gasteiger partial charge in [0.15, 0.2) is 0 Å². The second-order valence-electron chi connectivity index (χ2n) is 8.13. The molecule has 0 saturated carbocycles. The smallest absolute Gasteiger partial charge is 0.300 e. The fourth-order valence-electron chi connectivity index (χ4n) is 4.38. The zero-order valence-corrected chi connectivity index (χ0v) is 16.9. The normalized spacial score (nSPS) is 23.7. The van der Waals surface area contributed by atoms with Crippen LogP contribution < -0.4 is 4.57 Å². The van der Waals surface area contributed by atoms with E-state index < -0.39 is 6.04 Å². The fourth-order valence-corrected chi connectivity index (χ4v) is 4.38. The van der Waals surface area contributed by atoms with E-state index in [0.717, 1.165) is 49.4 Å². The van der Waals surface area contributed by atoms with Crippen molar-refractivity contribution < 1.29 is 14.2 Å². The highest BCUT2D eigenvalue weighted by molar-refractivity contribution is 6.20. The monoisotopic (exact) mass is 373 g/mol. The van der Waals surface area contributed by atoms with Crippen LogP contribution in [0, 0.1) is 19.8 Å². The van der Waals surface area contributed by atoms with Crippen molar-refractivity contribution in [2.75, 3.05) is 33.7 Å². The first-order chi connectivity index (χ1) is 12.8. The Labute approximate surface area is 160 Å². The number of imidazole rings is 1. The van der Waals surface area contributed by atoms with E-state index in [1.807, 2.05) is 11.5 Å². The van der Waals surface area contributed by atoms with Crippen LogP contribution in [0.25, 0.3) is 0 Å². The zero-order chi connectivity index (χ0) is 19.5. The third kappa shape index (κ3) is 2.69. The van der Waals surface area contributed by atoms with E-state index >= 15 is 0 Å². The number of carbonyl (C=O) groups excluding carboxylic acids is 2. The molecule has 0 radical (unpaired) electrons. The van der Waals surface area contributed by atoms with E-state index in [1.54, 1.807) is 7.05 Å². The Morgan fingerprint density at radius 2 is 1.78 bits per heavy atom. The number of hydrogen-bond acceptors (Lipinski definition) is 4. The number of fused-ring (bicyclic) bond motifs is 3. The first kappa shape index (κ1) is 18.2. The van der Waals surface area contributed by atoms with Crippen molar-refractivity contribution in [1.29, 1.82) is 0 Å². The lowest BCUT2D eigenvalue weighted by Gasteiger charge is -2.30. The Balaban J connectivity index is 1.64. The first-order valence-electron chi connectivity index (χ1n) is 9.78. The molecule has 3 amide bonds. The summed E-state index contributed by atoms with van der Waals surface area (Å²) < 4.78 is 4.19. The number of amidine groups is 1. The lowest BCUT2D eigenvalue weighted by atomic mass is 9.99. The number of nitrogens with zero attached hydrogens (tertiary/aromatic N) is 6. The van der Waals surface area contributed by atoms with Crippen molar-refractivity contribution in [3.63, 3.8) is 0 Å². The van der Waals surface area contributed by atoms with Gasteiger partial charge in [0.25, 0.3) is 5.91 Å². The van der Waals surface area contributed by atoms with E-state index in [2.05, 4.69) is 23.3 Å². The summed E-state index contributed by atoms with van der Waals surface area (Å²) in [7, 11) is 3.22. The molecule has 0 spiro atoms. The van der Waals surface area contributed by atoms with Crippen LogP contribution in [0.5, 0.6) is 0 Å². The zero-order valence-electron chi connectivity index (χ0n) is 16.9. The van der Waals surface area contributed by atoms with Gasteiger partial charge < -0.3 is 4.90 Å². The van der Waals surface area contributed by atoms with Crippen LogP contribution in [0.4, 0.5) is 10.7 Å². The van der Waals surface area contributed by atoms with Gasteiger partial charge in [0, 0.05) is 20.6 Å². The van der Waals surface area contributed by atoms with Gasteiger partial charge in [0.05, 0.1) is 6.54 Å². The number of rotatable bonds is 3. The van der Waals surface area contributed by atoms with Crippen LogP contribution in [-0.4, -0.2) is 70.8 Å². The lowest BCUT2D eigenvalue weighted by Crippen LogP contribution is -2.56. The van der Waals surface area contributed by atoms with Gasteiger partial charge in [-0.05, 0) is 45.7 Å². The highest BCUT2D eigenvalue weighted by atomic mass is 16.2. The fraction of sp³-hybridized carbons (Fsp3) is 0.684. The third-order valence-corrected chi connectivity index (χ3v) is 6.46. The Bertz CT molecular complexity index is 834. The summed E-state index contributed by atoms with van der Waals surface area (Å²) in [5, 5.41) is 0. The Morgan fingerprint density at radius 1 is 1.11 bits per heavy atom. The number of likely N-dealkylation sites (tertiary alicyclic amines) is 1. The quantitative estimate of drug-likeness (QED) is 0.749. The molecule has 4 heterocycles. The molecule has 1 unspecified atom stereocenters. The molecular weight excluding hydrogens is 344 g/mol. The molecule has 3 aliphatic heterocycles. The van der Waals surface area contributed by atoms with E-state index in [4.69, 9.17) is 4.99 Å². The molecule has 146 valence electrons. The van der Waals surface area contributed by atoms with Crippen LogP contribution in [0.2, 0.25) is 0 Å². The highest BCUT2D eigenvalue weighted by Gasteiger charge is 2.53. The molecule has 0 N–H and O–H groups in total. The van der Waals surface area contributed by atoms with Crippen molar-refractivity contribution >= 4 is 23.7 Å². The van der Waals surface area contributed by atoms with E-state index in [-0.39, 0.29) is 11.9 Å². The van der Waals surface area contributed by atoms with Crippen molar-refractivity contribution in [2.45, 2.75) is 46.2 Å². The summed E-state index contributed by atoms with van der Waals surface area (Å²) in [4.78, 5) is 35.0. The van der Waals surface area contributed by atoms with Gasteiger partial charge in [-0.2, -0.15) is 0 Å². The van der Waals surface area contributed by atoms with Crippen LogP contribution in [0.15, 0.2) is 4.99 Å². The maximum Gasteiger partial charge on any atom is 0.402 e. The molecule has 1 aromatic rings. The van der Waals surface area contributed by atoms with Crippen molar-refractivity contribution in [3.8, 4) is 0 Å². The van der Waals surface area contributed by atoms with E-state index in [0.29, 0.717) is 5.84 Å². The minimum Gasteiger partial charge on any atom is -0.300 e. The number of carbonyl (C=O) groups is 2.